The van der Waals surface area contributed by atoms with E-state index in [0.29, 0.717) is 0 Å². The summed E-state index contributed by atoms with van der Waals surface area (Å²) < 4.78 is 5.74. The second-order valence-corrected chi connectivity index (χ2v) is 5.39. The Balaban J connectivity index is 2.05. The molecule has 0 radical (unpaired) electrons. The Morgan fingerprint density at radius 2 is 1.57 bits per heavy atom. The lowest BCUT2D eigenvalue weighted by atomic mass is 9.92. The molecule has 21 heavy (non-hydrogen) atoms. The largest absolute Gasteiger partial charge is 0.457 e. The molecule has 0 fully saturated rings. The van der Waals surface area contributed by atoms with E-state index in [9.17, 15) is 5.11 Å². The molecule has 0 aliphatic heterocycles. The SMILES string of the molecule is CCC(C)[C@@H](O)[C@@H](N)c1ccc(Oc2ccccc2)cc1. The predicted molar refractivity (Wildman–Crippen MR) is 85.3 cm³/mol. The van der Waals surface area contributed by atoms with Crippen LogP contribution in [0.5, 0.6) is 11.5 Å². The highest BCUT2D eigenvalue weighted by atomic mass is 16.5. The summed E-state index contributed by atoms with van der Waals surface area (Å²) in [5.41, 5.74) is 7.05. The molecule has 0 aliphatic carbocycles. The van der Waals surface area contributed by atoms with Crippen LogP contribution in [0.4, 0.5) is 0 Å². The number of benzene rings is 2. The Bertz CT molecular complexity index is 539. The van der Waals surface area contributed by atoms with E-state index in [0.717, 1.165) is 23.5 Å². The van der Waals surface area contributed by atoms with Crippen LogP contribution in [0.3, 0.4) is 0 Å². The topological polar surface area (TPSA) is 55.5 Å². The van der Waals surface area contributed by atoms with Crippen LogP contribution < -0.4 is 10.5 Å². The number of para-hydroxylation sites is 1. The van der Waals surface area contributed by atoms with Crippen LogP contribution in [-0.4, -0.2) is 11.2 Å². The van der Waals surface area contributed by atoms with E-state index in [-0.39, 0.29) is 12.0 Å². The van der Waals surface area contributed by atoms with Crippen LogP contribution >= 0.6 is 0 Å². The van der Waals surface area contributed by atoms with Gasteiger partial charge in [0.1, 0.15) is 11.5 Å². The lowest BCUT2D eigenvalue weighted by molar-refractivity contribution is 0.0880. The summed E-state index contributed by atoms with van der Waals surface area (Å²) in [6, 6.07) is 16.8. The molecular weight excluding hydrogens is 262 g/mol. The van der Waals surface area contributed by atoms with Gasteiger partial charge in [-0.1, -0.05) is 50.6 Å². The van der Waals surface area contributed by atoms with Gasteiger partial charge in [-0.3, -0.25) is 0 Å². The molecule has 1 unspecified atom stereocenters. The Kier molecular flexibility index (Phi) is 5.37. The molecule has 0 spiro atoms. The van der Waals surface area contributed by atoms with E-state index in [1.54, 1.807) is 0 Å². The molecule has 0 aliphatic rings. The standard InChI is InChI=1S/C18H23NO2/c1-3-13(2)18(20)17(19)14-9-11-16(12-10-14)21-15-7-5-4-6-8-15/h4-13,17-18,20H,3,19H2,1-2H3/t13?,17-,18+/m0/s1. The molecule has 3 atom stereocenters. The van der Waals surface area contributed by atoms with Gasteiger partial charge in [-0.05, 0) is 35.7 Å². The van der Waals surface area contributed by atoms with Crippen LogP contribution in [-0.2, 0) is 0 Å². The number of nitrogens with two attached hydrogens (primary N) is 1. The number of hydrogen-bond acceptors (Lipinski definition) is 3. The van der Waals surface area contributed by atoms with Crippen molar-refractivity contribution in [2.45, 2.75) is 32.4 Å². The van der Waals surface area contributed by atoms with Crippen molar-refractivity contribution in [1.82, 2.24) is 0 Å². The quantitative estimate of drug-likeness (QED) is 0.846. The van der Waals surface area contributed by atoms with E-state index >= 15 is 0 Å². The minimum atomic E-state index is -0.532. The first-order valence-corrected chi connectivity index (χ1v) is 7.38. The molecule has 0 bridgehead atoms. The third kappa shape index (κ3) is 4.06. The molecule has 0 amide bonds. The van der Waals surface area contributed by atoms with Crippen LogP contribution in [0.1, 0.15) is 31.9 Å². The summed E-state index contributed by atoms with van der Waals surface area (Å²) in [5.74, 6) is 1.74. The lowest BCUT2D eigenvalue weighted by Crippen LogP contribution is -2.31. The average Bonchev–Trinajstić information content (AvgIpc) is 2.54. The third-order valence-corrected chi connectivity index (χ3v) is 3.84. The highest BCUT2D eigenvalue weighted by Gasteiger charge is 2.21. The summed E-state index contributed by atoms with van der Waals surface area (Å²) in [6.07, 6.45) is 0.375. The summed E-state index contributed by atoms with van der Waals surface area (Å²) >= 11 is 0. The molecule has 0 saturated heterocycles. The van der Waals surface area contributed by atoms with Gasteiger partial charge in [0, 0.05) is 0 Å². The molecular formula is C18H23NO2. The van der Waals surface area contributed by atoms with Gasteiger partial charge in [0.15, 0.2) is 0 Å². The third-order valence-electron chi connectivity index (χ3n) is 3.84. The smallest absolute Gasteiger partial charge is 0.127 e. The molecule has 0 saturated carbocycles. The summed E-state index contributed by atoms with van der Waals surface area (Å²) in [7, 11) is 0. The van der Waals surface area contributed by atoms with Crippen LogP contribution in [0.15, 0.2) is 54.6 Å². The van der Waals surface area contributed by atoms with Gasteiger partial charge in [0.2, 0.25) is 0 Å². The van der Waals surface area contributed by atoms with Crippen molar-refractivity contribution in [3.8, 4) is 11.5 Å². The lowest BCUT2D eigenvalue weighted by Gasteiger charge is -2.24. The van der Waals surface area contributed by atoms with E-state index < -0.39 is 6.10 Å². The maximum absolute atomic E-state index is 10.2. The summed E-state index contributed by atoms with van der Waals surface area (Å²) in [5, 5.41) is 10.2. The summed E-state index contributed by atoms with van der Waals surface area (Å²) in [4.78, 5) is 0. The molecule has 3 heteroatoms. The number of rotatable bonds is 6. The van der Waals surface area contributed by atoms with Crippen LogP contribution in [0.25, 0.3) is 0 Å². The van der Waals surface area contributed by atoms with E-state index in [1.165, 1.54) is 0 Å². The molecule has 0 aromatic heterocycles. The first-order valence-electron chi connectivity index (χ1n) is 7.38. The highest BCUT2D eigenvalue weighted by molar-refractivity contribution is 5.34. The molecule has 3 N–H and O–H groups in total. The average molecular weight is 285 g/mol. The van der Waals surface area contributed by atoms with Crippen molar-refractivity contribution < 1.29 is 9.84 Å². The highest BCUT2D eigenvalue weighted by Crippen LogP contribution is 2.25. The zero-order valence-electron chi connectivity index (χ0n) is 12.6. The Hall–Kier alpha value is -1.84. The van der Waals surface area contributed by atoms with Gasteiger partial charge in [0.25, 0.3) is 0 Å². The van der Waals surface area contributed by atoms with Crippen LogP contribution in [0, 0.1) is 5.92 Å². The second kappa shape index (κ2) is 7.25. The number of hydrogen-bond donors (Lipinski definition) is 2. The van der Waals surface area contributed by atoms with Gasteiger partial charge in [-0.15, -0.1) is 0 Å². The van der Waals surface area contributed by atoms with Crippen molar-refractivity contribution in [1.29, 1.82) is 0 Å². The minimum absolute atomic E-state index is 0.181. The van der Waals surface area contributed by atoms with Crippen molar-refractivity contribution in [3.05, 3.63) is 60.2 Å². The fraction of sp³-hybridized carbons (Fsp3) is 0.333. The minimum Gasteiger partial charge on any atom is -0.457 e. The molecule has 112 valence electrons. The zero-order valence-corrected chi connectivity index (χ0v) is 12.6. The maximum atomic E-state index is 10.2. The molecule has 3 nitrogen and oxygen atoms in total. The fourth-order valence-corrected chi connectivity index (χ4v) is 2.18. The van der Waals surface area contributed by atoms with Crippen molar-refractivity contribution in [2.75, 3.05) is 0 Å². The first kappa shape index (κ1) is 15.5. The maximum Gasteiger partial charge on any atom is 0.127 e. The first-order chi connectivity index (χ1) is 10.1. The number of aliphatic hydroxyl groups excluding tert-OH is 1. The van der Waals surface area contributed by atoms with E-state index in [1.807, 2.05) is 61.5 Å². The van der Waals surface area contributed by atoms with Gasteiger partial charge in [-0.2, -0.15) is 0 Å². The number of aliphatic hydroxyl groups is 1. The van der Waals surface area contributed by atoms with Gasteiger partial charge in [0.05, 0.1) is 12.1 Å². The molecule has 0 heterocycles. The molecule has 2 aromatic carbocycles. The monoisotopic (exact) mass is 285 g/mol. The Morgan fingerprint density at radius 3 is 2.14 bits per heavy atom. The van der Waals surface area contributed by atoms with Gasteiger partial charge >= 0.3 is 0 Å². The van der Waals surface area contributed by atoms with Crippen molar-refractivity contribution in [3.63, 3.8) is 0 Å². The fourth-order valence-electron chi connectivity index (χ4n) is 2.18. The normalized spacial score (nSPS) is 15.2. The second-order valence-electron chi connectivity index (χ2n) is 5.39. The van der Waals surface area contributed by atoms with Gasteiger partial charge in [-0.25, -0.2) is 0 Å². The number of ether oxygens (including phenoxy) is 1. The Morgan fingerprint density at radius 1 is 1.00 bits per heavy atom. The molecule has 2 aromatic rings. The van der Waals surface area contributed by atoms with Crippen molar-refractivity contribution in [2.24, 2.45) is 11.7 Å². The van der Waals surface area contributed by atoms with Crippen molar-refractivity contribution >= 4 is 0 Å². The molecule has 2 rings (SSSR count). The van der Waals surface area contributed by atoms with Gasteiger partial charge < -0.3 is 15.6 Å². The summed E-state index contributed by atoms with van der Waals surface area (Å²) in [6.45, 7) is 4.06. The van der Waals surface area contributed by atoms with Crippen LogP contribution in [0.2, 0.25) is 0 Å². The van der Waals surface area contributed by atoms with E-state index in [4.69, 9.17) is 10.5 Å². The Labute approximate surface area is 126 Å². The van der Waals surface area contributed by atoms with E-state index in [2.05, 4.69) is 6.92 Å². The zero-order chi connectivity index (χ0) is 15.2. The predicted octanol–water partition coefficient (Wildman–Crippen LogP) is 3.89.